The molecular formula is C13H22N4O3S. The fourth-order valence-electron chi connectivity index (χ4n) is 3.43. The monoisotopic (exact) mass is 314 g/mol. The predicted octanol–water partition coefficient (Wildman–Crippen LogP) is -0.584. The summed E-state index contributed by atoms with van der Waals surface area (Å²) in [6.45, 7) is 3.88. The summed E-state index contributed by atoms with van der Waals surface area (Å²) >= 11 is 0. The number of hydrogen-bond donors (Lipinski definition) is 1. The second-order valence-corrected chi connectivity index (χ2v) is 7.95. The zero-order chi connectivity index (χ0) is 15.0. The van der Waals surface area contributed by atoms with Gasteiger partial charge in [-0.3, -0.25) is 9.58 Å². The molecule has 21 heavy (non-hydrogen) atoms. The lowest BCUT2D eigenvalue weighted by atomic mass is 9.88. The topological polar surface area (TPSA) is 76.5 Å². The minimum Gasteiger partial charge on any atom is -0.379 e. The zero-order valence-corrected chi connectivity index (χ0v) is 13.2. The first-order chi connectivity index (χ1) is 9.90. The van der Waals surface area contributed by atoms with Gasteiger partial charge in [0.15, 0.2) is 0 Å². The van der Waals surface area contributed by atoms with Crippen molar-refractivity contribution in [2.45, 2.75) is 12.6 Å². The highest BCUT2D eigenvalue weighted by Gasteiger charge is 2.41. The Kier molecular flexibility index (Phi) is 4.04. The summed E-state index contributed by atoms with van der Waals surface area (Å²) in [7, 11) is -1.29. The zero-order valence-electron chi connectivity index (χ0n) is 12.4. The van der Waals surface area contributed by atoms with Crippen LogP contribution in [0.15, 0.2) is 12.4 Å². The Morgan fingerprint density at radius 3 is 2.90 bits per heavy atom. The van der Waals surface area contributed by atoms with Gasteiger partial charge in [0.2, 0.25) is 10.0 Å². The predicted molar refractivity (Wildman–Crippen MR) is 78.1 cm³/mol. The second kappa shape index (κ2) is 5.68. The first kappa shape index (κ1) is 15.0. The molecule has 2 aliphatic rings. The Morgan fingerprint density at radius 1 is 1.43 bits per heavy atom. The molecule has 1 aromatic rings. The molecule has 8 heteroatoms. The summed E-state index contributed by atoms with van der Waals surface area (Å²) < 4.78 is 33.0. The number of fused-ring (bicyclic) bond motifs is 1. The van der Waals surface area contributed by atoms with E-state index in [4.69, 9.17) is 4.74 Å². The minimum atomic E-state index is -3.20. The van der Waals surface area contributed by atoms with E-state index in [2.05, 4.69) is 14.7 Å². The SMILES string of the molecule is Cn1cc(CN2C[C@@H]3COC[C@H](NS(C)(=O)=O)[C@@H]3C2)cn1. The quantitative estimate of drug-likeness (QED) is 0.804. The maximum absolute atomic E-state index is 11.5. The molecule has 1 aromatic heterocycles. The molecule has 0 spiro atoms. The molecule has 0 radical (unpaired) electrons. The van der Waals surface area contributed by atoms with Crippen molar-refractivity contribution in [1.29, 1.82) is 0 Å². The molecule has 2 aliphatic heterocycles. The largest absolute Gasteiger partial charge is 0.379 e. The van der Waals surface area contributed by atoms with Crippen molar-refractivity contribution in [3.05, 3.63) is 18.0 Å². The average Bonchev–Trinajstić information content (AvgIpc) is 2.94. The van der Waals surface area contributed by atoms with Gasteiger partial charge in [-0.15, -0.1) is 0 Å². The molecular weight excluding hydrogens is 292 g/mol. The number of likely N-dealkylation sites (tertiary alicyclic amines) is 1. The molecule has 2 fully saturated rings. The van der Waals surface area contributed by atoms with Crippen LogP contribution in [0.4, 0.5) is 0 Å². The van der Waals surface area contributed by atoms with Crippen LogP contribution in [-0.2, 0) is 28.4 Å². The van der Waals surface area contributed by atoms with Gasteiger partial charge in [-0.2, -0.15) is 5.10 Å². The van der Waals surface area contributed by atoms with Gasteiger partial charge >= 0.3 is 0 Å². The molecule has 2 saturated heterocycles. The molecule has 0 bridgehead atoms. The van der Waals surface area contributed by atoms with E-state index in [1.807, 2.05) is 19.4 Å². The van der Waals surface area contributed by atoms with Crippen LogP contribution in [0, 0.1) is 11.8 Å². The van der Waals surface area contributed by atoms with E-state index in [1.165, 1.54) is 11.8 Å². The van der Waals surface area contributed by atoms with Gasteiger partial charge < -0.3 is 4.74 Å². The highest BCUT2D eigenvalue weighted by Crippen LogP contribution is 2.31. The van der Waals surface area contributed by atoms with E-state index in [1.54, 1.807) is 4.68 Å². The summed E-state index contributed by atoms with van der Waals surface area (Å²) in [6, 6.07) is -0.113. The number of nitrogens with zero attached hydrogens (tertiary/aromatic N) is 3. The fraction of sp³-hybridized carbons (Fsp3) is 0.769. The summed E-state index contributed by atoms with van der Waals surface area (Å²) in [4.78, 5) is 2.36. The Hall–Kier alpha value is -0.960. The van der Waals surface area contributed by atoms with Crippen LogP contribution in [0.25, 0.3) is 0 Å². The normalized spacial score (nSPS) is 30.5. The lowest BCUT2D eigenvalue weighted by molar-refractivity contribution is 0.0164. The van der Waals surface area contributed by atoms with Crippen LogP contribution in [-0.4, -0.2) is 61.7 Å². The fourth-order valence-corrected chi connectivity index (χ4v) is 4.22. The molecule has 0 saturated carbocycles. The first-order valence-corrected chi connectivity index (χ1v) is 9.05. The minimum absolute atomic E-state index is 0.113. The van der Waals surface area contributed by atoms with Gasteiger partial charge in [-0.1, -0.05) is 0 Å². The van der Waals surface area contributed by atoms with E-state index in [9.17, 15) is 8.42 Å². The van der Waals surface area contributed by atoms with E-state index >= 15 is 0 Å². The second-order valence-electron chi connectivity index (χ2n) is 6.17. The van der Waals surface area contributed by atoms with Gasteiger partial charge in [0.25, 0.3) is 0 Å². The maximum atomic E-state index is 11.5. The summed E-state index contributed by atoms with van der Waals surface area (Å²) in [5.41, 5.74) is 1.18. The Labute approximate surface area is 125 Å². The number of sulfonamides is 1. The van der Waals surface area contributed by atoms with Crippen molar-refractivity contribution in [2.75, 3.05) is 32.6 Å². The van der Waals surface area contributed by atoms with Crippen molar-refractivity contribution >= 4 is 10.0 Å². The van der Waals surface area contributed by atoms with E-state index in [0.29, 0.717) is 18.4 Å². The number of aromatic nitrogens is 2. The number of hydrogen-bond acceptors (Lipinski definition) is 5. The average molecular weight is 314 g/mol. The van der Waals surface area contributed by atoms with Gasteiger partial charge in [0.1, 0.15) is 0 Å². The number of nitrogens with one attached hydrogen (secondary N) is 1. The summed E-state index contributed by atoms with van der Waals surface area (Å²) in [5.74, 6) is 0.722. The molecule has 0 aliphatic carbocycles. The van der Waals surface area contributed by atoms with Gasteiger partial charge in [0, 0.05) is 50.4 Å². The summed E-state index contributed by atoms with van der Waals surface area (Å²) in [5, 5.41) is 4.19. The molecule has 0 aromatic carbocycles. The Bertz CT molecular complexity index is 600. The molecule has 1 N–H and O–H groups in total. The molecule has 7 nitrogen and oxygen atoms in total. The maximum Gasteiger partial charge on any atom is 0.209 e. The van der Waals surface area contributed by atoms with Crippen LogP contribution >= 0.6 is 0 Å². The highest BCUT2D eigenvalue weighted by atomic mass is 32.2. The third-order valence-electron chi connectivity index (χ3n) is 4.24. The van der Waals surface area contributed by atoms with E-state index in [-0.39, 0.29) is 6.04 Å². The number of rotatable bonds is 4. The van der Waals surface area contributed by atoms with Crippen molar-refractivity contribution in [2.24, 2.45) is 18.9 Å². The first-order valence-electron chi connectivity index (χ1n) is 7.15. The van der Waals surface area contributed by atoms with Crippen LogP contribution in [0.1, 0.15) is 5.56 Å². The molecule has 3 atom stereocenters. The van der Waals surface area contributed by atoms with Crippen molar-refractivity contribution in [3.63, 3.8) is 0 Å². The molecule has 0 unspecified atom stereocenters. The third-order valence-corrected chi connectivity index (χ3v) is 4.97. The Morgan fingerprint density at radius 2 is 2.24 bits per heavy atom. The van der Waals surface area contributed by atoms with E-state index < -0.39 is 10.0 Å². The van der Waals surface area contributed by atoms with Crippen LogP contribution < -0.4 is 4.72 Å². The van der Waals surface area contributed by atoms with Crippen molar-refractivity contribution in [3.8, 4) is 0 Å². The number of aryl methyl sites for hydroxylation is 1. The summed E-state index contributed by atoms with van der Waals surface area (Å²) in [6.07, 6.45) is 5.11. The molecule has 3 rings (SSSR count). The van der Waals surface area contributed by atoms with E-state index in [0.717, 1.165) is 26.2 Å². The van der Waals surface area contributed by atoms with Gasteiger partial charge in [-0.05, 0) is 5.92 Å². The molecule has 3 heterocycles. The Balaban J connectivity index is 1.65. The number of ether oxygens (including phenoxy) is 1. The van der Waals surface area contributed by atoms with Crippen molar-refractivity contribution in [1.82, 2.24) is 19.4 Å². The van der Waals surface area contributed by atoms with Crippen LogP contribution in [0.5, 0.6) is 0 Å². The lowest BCUT2D eigenvalue weighted by Gasteiger charge is -2.32. The highest BCUT2D eigenvalue weighted by molar-refractivity contribution is 7.88. The standard InChI is InChI=1S/C13H22N4O3S/c1-16-4-10(3-14-16)5-17-6-11-8-20-9-13(12(11)7-17)15-21(2,18)19/h3-4,11-13,15H,5-9H2,1-2H3/t11-,12-,13+/m1/s1. The molecule has 118 valence electrons. The third kappa shape index (κ3) is 3.63. The smallest absolute Gasteiger partial charge is 0.209 e. The van der Waals surface area contributed by atoms with Crippen LogP contribution in [0.2, 0.25) is 0 Å². The lowest BCUT2D eigenvalue weighted by Crippen LogP contribution is -2.49. The van der Waals surface area contributed by atoms with Gasteiger partial charge in [0.05, 0.1) is 25.7 Å². The van der Waals surface area contributed by atoms with Crippen LogP contribution in [0.3, 0.4) is 0 Å². The van der Waals surface area contributed by atoms with Crippen molar-refractivity contribution < 1.29 is 13.2 Å². The van der Waals surface area contributed by atoms with Gasteiger partial charge in [-0.25, -0.2) is 13.1 Å². The molecule has 0 amide bonds.